The van der Waals surface area contributed by atoms with E-state index in [1.807, 2.05) is 0 Å². The predicted octanol–water partition coefficient (Wildman–Crippen LogP) is 3.13. The summed E-state index contributed by atoms with van der Waals surface area (Å²) in [5.74, 6) is -0.627. The molecule has 0 aromatic rings. The molecule has 20 heavy (non-hydrogen) atoms. The number of ether oxygens (including phenoxy) is 2. The van der Waals surface area contributed by atoms with Crippen LogP contribution in [0, 0.1) is 5.41 Å². The average molecular weight is 280 g/mol. The molecule has 0 spiro atoms. The van der Waals surface area contributed by atoms with E-state index >= 15 is 0 Å². The molecule has 3 aliphatic rings. The van der Waals surface area contributed by atoms with Gasteiger partial charge in [0, 0.05) is 0 Å². The van der Waals surface area contributed by atoms with E-state index in [2.05, 4.69) is 0 Å². The lowest BCUT2D eigenvalue weighted by Crippen LogP contribution is -2.47. The maximum absolute atomic E-state index is 12.5. The molecule has 0 unspecified atom stereocenters. The first-order valence-electron chi connectivity index (χ1n) is 8.13. The number of esters is 2. The number of hydrogen-bond acceptors (Lipinski definition) is 4. The van der Waals surface area contributed by atoms with Crippen molar-refractivity contribution in [2.24, 2.45) is 5.41 Å². The van der Waals surface area contributed by atoms with Crippen molar-refractivity contribution >= 4 is 11.9 Å². The Kier molecular flexibility index (Phi) is 3.99. The van der Waals surface area contributed by atoms with Gasteiger partial charge in [0.2, 0.25) is 0 Å². The fourth-order valence-corrected chi connectivity index (χ4v) is 3.15. The number of carbonyl (C=O) groups excluding carboxylic acids is 2. The predicted molar refractivity (Wildman–Crippen MR) is 73.0 cm³/mol. The molecule has 112 valence electrons. The Morgan fingerprint density at radius 2 is 1.15 bits per heavy atom. The maximum Gasteiger partial charge on any atom is 0.323 e. The molecule has 0 N–H and O–H groups in total. The molecule has 4 nitrogen and oxygen atoms in total. The zero-order valence-corrected chi connectivity index (χ0v) is 12.1. The van der Waals surface area contributed by atoms with Gasteiger partial charge in [0.05, 0.1) is 0 Å². The van der Waals surface area contributed by atoms with Gasteiger partial charge in [0.1, 0.15) is 12.2 Å². The highest BCUT2D eigenvalue weighted by Crippen LogP contribution is 2.41. The zero-order chi connectivity index (χ0) is 14.0. The van der Waals surface area contributed by atoms with E-state index in [4.69, 9.17) is 9.47 Å². The fourth-order valence-electron chi connectivity index (χ4n) is 3.15. The lowest BCUT2D eigenvalue weighted by molar-refractivity contribution is -0.185. The third-order valence-electron chi connectivity index (χ3n) is 5.14. The largest absolute Gasteiger partial charge is 0.462 e. The Labute approximate surface area is 120 Å². The van der Waals surface area contributed by atoms with E-state index in [0.29, 0.717) is 12.8 Å². The van der Waals surface area contributed by atoms with Crippen LogP contribution in [0.5, 0.6) is 0 Å². The molecular weight excluding hydrogens is 256 g/mol. The van der Waals surface area contributed by atoms with Gasteiger partial charge in [0.15, 0.2) is 5.41 Å². The molecule has 0 atom stereocenters. The van der Waals surface area contributed by atoms with Crippen LogP contribution in [0.3, 0.4) is 0 Å². The summed E-state index contributed by atoms with van der Waals surface area (Å²) in [5, 5.41) is 0. The van der Waals surface area contributed by atoms with Crippen molar-refractivity contribution in [3.63, 3.8) is 0 Å². The molecule has 0 radical (unpaired) electrons. The lowest BCUT2D eigenvalue weighted by Gasteiger charge is -2.37. The summed E-state index contributed by atoms with van der Waals surface area (Å²) in [7, 11) is 0. The van der Waals surface area contributed by atoms with Crippen LogP contribution in [0.2, 0.25) is 0 Å². The summed E-state index contributed by atoms with van der Waals surface area (Å²) in [6.45, 7) is 0. The molecule has 3 aliphatic carbocycles. The quantitative estimate of drug-likeness (QED) is 0.586. The van der Waals surface area contributed by atoms with E-state index in [1.165, 1.54) is 0 Å². The van der Waals surface area contributed by atoms with Crippen LogP contribution in [-0.2, 0) is 19.1 Å². The minimum Gasteiger partial charge on any atom is -0.462 e. The maximum atomic E-state index is 12.5. The number of hydrogen-bond donors (Lipinski definition) is 0. The Morgan fingerprint density at radius 3 is 1.50 bits per heavy atom. The van der Waals surface area contributed by atoms with Crippen molar-refractivity contribution in [3.05, 3.63) is 0 Å². The molecule has 0 amide bonds. The normalized spacial score (nSPS) is 26.2. The Hall–Kier alpha value is -1.06. The molecule has 0 aromatic carbocycles. The van der Waals surface area contributed by atoms with Crippen molar-refractivity contribution in [2.45, 2.75) is 82.8 Å². The fraction of sp³-hybridized carbons (Fsp3) is 0.875. The highest BCUT2D eigenvalue weighted by molar-refractivity contribution is 6.00. The molecule has 3 saturated carbocycles. The van der Waals surface area contributed by atoms with Crippen LogP contribution in [0.1, 0.15) is 70.6 Å². The first-order chi connectivity index (χ1) is 9.71. The van der Waals surface area contributed by atoms with Gasteiger partial charge in [-0.15, -0.1) is 0 Å². The van der Waals surface area contributed by atoms with Gasteiger partial charge in [-0.2, -0.15) is 0 Å². The van der Waals surface area contributed by atoms with Gasteiger partial charge < -0.3 is 9.47 Å². The van der Waals surface area contributed by atoms with Crippen molar-refractivity contribution in [1.29, 1.82) is 0 Å². The first-order valence-corrected chi connectivity index (χ1v) is 8.13. The minimum absolute atomic E-state index is 0.0396. The lowest BCUT2D eigenvalue weighted by atomic mass is 9.73. The van der Waals surface area contributed by atoms with Crippen LogP contribution in [0.15, 0.2) is 0 Å². The second kappa shape index (κ2) is 5.74. The first kappa shape index (κ1) is 13.9. The summed E-state index contributed by atoms with van der Waals surface area (Å²) in [6.07, 6.45) is 10.2. The molecule has 0 heterocycles. The molecule has 0 bridgehead atoms. The molecule has 0 aromatic heterocycles. The summed E-state index contributed by atoms with van der Waals surface area (Å²) < 4.78 is 11.1. The Balaban J connectivity index is 1.68. The second-order valence-corrected chi connectivity index (χ2v) is 6.56. The van der Waals surface area contributed by atoms with Gasteiger partial charge in [-0.1, -0.05) is 19.3 Å². The van der Waals surface area contributed by atoms with Crippen molar-refractivity contribution in [1.82, 2.24) is 0 Å². The average Bonchev–Trinajstić information content (AvgIpc) is 2.38. The third kappa shape index (κ3) is 2.57. The molecule has 3 fully saturated rings. The van der Waals surface area contributed by atoms with Crippen LogP contribution < -0.4 is 0 Å². The van der Waals surface area contributed by atoms with Crippen LogP contribution in [0.25, 0.3) is 0 Å². The Bertz CT molecular complexity index is 346. The number of rotatable bonds is 4. The molecule has 3 rings (SSSR count). The van der Waals surface area contributed by atoms with Gasteiger partial charge in [-0.05, 0) is 51.4 Å². The molecule has 0 aliphatic heterocycles. The summed E-state index contributed by atoms with van der Waals surface area (Å²) in [4.78, 5) is 25.1. The third-order valence-corrected chi connectivity index (χ3v) is 5.14. The highest BCUT2D eigenvalue weighted by atomic mass is 16.6. The standard InChI is InChI=1S/C16H24O4/c17-14(19-12-6-4-7-12)16(10-2-1-3-11-16)15(18)20-13-8-5-9-13/h12-13H,1-11H2. The summed E-state index contributed by atoms with van der Waals surface area (Å²) >= 11 is 0. The topological polar surface area (TPSA) is 52.6 Å². The van der Waals surface area contributed by atoms with Crippen molar-refractivity contribution < 1.29 is 19.1 Å². The molecule has 0 saturated heterocycles. The number of carbonyl (C=O) groups is 2. The van der Waals surface area contributed by atoms with Crippen LogP contribution in [-0.4, -0.2) is 24.1 Å². The van der Waals surface area contributed by atoms with E-state index in [9.17, 15) is 9.59 Å². The van der Waals surface area contributed by atoms with Gasteiger partial charge in [-0.3, -0.25) is 9.59 Å². The van der Waals surface area contributed by atoms with Gasteiger partial charge in [-0.25, -0.2) is 0 Å². The van der Waals surface area contributed by atoms with Crippen LogP contribution in [0.4, 0.5) is 0 Å². The monoisotopic (exact) mass is 280 g/mol. The zero-order valence-electron chi connectivity index (χ0n) is 12.1. The van der Waals surface area contributed by atoms with Gasteiger partial charge in [0.25, 0.3) is 0 Å². The van der Waals surface area contributed by atoms with Crippen LogP contribution >= 0.6 is 0 Å². The van der Waals surface area contributed by atoms with Gasteiger partial charge >= 0.3 is 11.9 Å². The van der Waals surface area contributed by atoms with E-state index in [0.717, 1.165) is 57.8 Å². The minimum atomic E-state index is -0.997. The second-order valence-electron chi connectivity index (χ2n) is 6.56. The highest BCUT2D eigenvalue weighted by Gasteiger charge is 2.51. The van der Waals surface area contributed by atoms with Crippen molar-refractivity contribution in [2.75, 3.05) is 0 Å². The SMILES string of the molecule is O=C(OC1CCC1)C1(C(=O)OC2CCC2)CCCCC1. The van der Waals surface area contributed by atoms with Crippen molar-refractivity contribution in [3.8, 4) is 0 Å². The molecular formula is C16H24O4. The van der Waals surface area contributed by atoms with E-state index in [-0.39, 0.29) is 24.1 Å². The van der Waals surface area contributed by atoms with E-state index in [1.54, 1.807) is 0 Å². The van der Waals surface area contributed by atoms with E-state index < -0.39 is 5.41 Å². The summed E-state index contributed by atoms with van der Waals surface area (Å²) in [6, 6.07) is 0. The Morgan fingerprint density at radius 1 is 0.700 bits per heavy atom. The molecule has 4 heteroatoms. The summed E-state index contributed by atoms with van der Waals surface area (Å²) in [5.41, 5.74) is -0.997. The smallest absolute Gasteiger partial charge is 0.323 e.